The number of nitrogens with one attached hydrogen (secondary N) is 2. The zero-order valence-electron chi connectivity index (χ0n) is 15.8. The third-order valence-corrected chi connectivity index (χ3v) is 4.84. The second kappa shape index (κ2) is 8.54. The molecule has 0 atom stereocenters. The predicted molar refractivity (Wildman–Crippen MR) is 108 cm³/mol. The van der Waals surface area contributed by atoms with Gasteiger partial charge in [0.1, 0.15) is 18.0 Å². The van der Waals surface area contributed by atoms with Crippen LogP contribution >= 0.6 is 0 Å². The maximum Gasteiger partial charge on any atom is 0.225 e. The van der Waals surface area contributed by atoms with Gasteiger partial charge in [-0.3, -0.25) is 4.79 Å². The van der Waals surface area contributed by atoms with Crippen LogP contribution in [0.2, 0.25) is 0 Å². The van der Waals surface area contributed by atoms with Crippen LogP contribution in [0.5, 0.6) is 0 Å². The molecule has 0 unspecified atom stereocenters. The number of carbonyl (C=O) groups is 1. The molecule has 1 aromatic heterocycles. The summed E-state index contributed by atoms with van der Waals surface area (Å²) in [5, 5.41) is 6.72. The summed E-state index contributed by atoms with van der Waals surface area (Å²) in [7, 11) is 3.64. The Hall–Kier alpha value is -3.07. The first-order valence-electron chi connectivity index (χ1n) is 9.18. The molecule has 6 nitrogen and oxygen atoms in total. The van der Waals surface area contributed by atoms with E-state index < -0.39 is 0 Å². The Labute approximate surface area is 160 Å². The molecule has 1 saturated carbocycles. The lowest BCUT2D eigenvalue weighted by Gasteiger charge is -2.30. The van der Waals surface area contributed by atoms with Crippen LogP contribution in [0.4, 0.5) is 17.3 Å². The lowest BCUT2D eigenvalue weighted by molar-refractivity contribution is -0.133. The fourth-order valence-corrected chi connectivity index (χ4v) is 3.40. The van der Waals surface area contributed by atoms with Crippen LogP contribution < -0.4 is 10.6 Å². The van der Waals surface area contributed by atoms with E-state index in [1.54, 1.807) is 4.90 Å². The Balaban J connectivity index is 1.58. The number of rotatable bonds is 5. The van der Waals surface area contributed by atoms with Gasteiger partial charge in [-0.05, 0) is 43.9 Å². The molecular weight excluding hydrogens is 338 g/mol. The average Bonchev–Trinajstić information content (AvgIpc) is 2.68. The molecule has 2 N–H and O–H groups in total. The summed E-state index contributed by atoms with van der Waals surface area (Å²) in [5.41, 5.74) is 1.70. The second-order valence-electron chi connectivity index (χ2n) is 7.06. The van der Waals surface area contributed by atoms with Crippen LogP contribution in [0.1, 0.15) is 31.2 Å². The molecule has 1 fully saturated rings. The SMILES string of the molecule is C#Cc1cccc(Nc2cc(NC3CCC(C(=O)N(C)C)CC3)ncn2)c1. The first-order valence-corrected chi connectivity index (χ1v) is 9.18. The molecular formula is C21H25N5O. The van der Waals surface area contributed by atoms with Crippen molar-refractivity contribution in [2.75, 3.05) is 24.7 Å². The van der Waals surface area contributed by atoms with Crippen molar-refractivity contribution >= 4 is 23.2 Å². The van der Waals surface area contributed by atoms with E-state index >= 15 is 0 Å². The van der Waals surface area contributed by atoms with Crippen LogP contribution in [0, 0.1) is 18.3 Å². The van der Waals surface area contributed by atoms with Gasteiger partial charge in [-0.15, -0.1) is 6.42 Å². The third kappa shape index (κ3) is 4.98. The molecule has 140 valence electrons. The minimum Gasteiger partial charge on any atom is -0.367 e. The second-order valence-corrected chi connectivity index (χ2v) is 7.06. The Bertz CT molecular complexity index is 834. The van der Waals surface area contributed by atoms with E-state index in [1.165, 1.54) is 6.33 Å². The van der Waals surface area contributed by atoms with E-state index in [2.05, 4.69) is 26.5 Å². The van der Waals surface area contributed by atoms with Crippen molar-refractivity contribution in [3.05, 3.63) is 42.2 Å². The van der Waals surface area contributed by atoms with Gasteiger partial charge in [0, 0.05) is 43.4 Å². The van der Waals surface area contributed by atoms with Gasteiger partial charge < -0.3 is 15.5 Å². The Kier molecular flexibility index (Phi) is 5.92. The van der Waals surface area contributed by atoms with Gasteiger partial charge in [0.2, 0.25) is 5.91 Å². The van der Waals surface area contributed by atoms with Crippen LogP contribution in [0.15, 0.2) is 36.7 Å². The highest BCUT2D eigenvalue weighted by Crippen LogP contribution is 2.27. The summed E-state index contributed by atoms with van der Waals surface area (Å²) in [6, 6.07) is 9.85. The zero-order chi connectivity index (χ0) is 19.2. The minimum absolute atomic E-state index is 0.143. The Morgan fingerprint density at radius 1 is 1.15 bits per heavy atom. The molecule has 0 spiro atoms. The van der Waals surface area contributed by atoms with Gasteiger partial charge in [-0.25, -0.2) is 9.97 Å². The zero-order valence-corrected chi connectivity index (χ0v) is 15.8. The molecule has 1 aromatic carbocycles. The summed E-state index contributed by atoms with van der Waals surface area (Å²) in [5.74, 6) is 4.49. The van der Waals surface area contributed by atoms with Crippen molar-refractivity contribution in [1.29, 1.82) is 0 Å². The monoisotopic (exact) mass is 363 g/mol. The lowest BCUT2D eigenvalue weighted by Crippen LogP contribution is -2.35. The molecule has 0 saturated heterocycles. The topological polar surface area (TPSA) is 70.2 Å². The molecule has 1 aliphatic carbocycles. The molecule has 6 heteroatoms. The predicted octanol–water partition coefficient (Wildman–Crippen LogP) is 3.26. The number of aromatic nitrogens is 2. The standard InChI is InChI=1S/C21H25N5O/c1-4-15-6-5-7-18(12-15)25-20-13-19(22-14-23-20)24-17-10-8-16(9-11-17)21(27)26(2)3/h1,5-7,12-14,16-17H,8-11H2,2-3H3,(H2,22,23,24,25). The van der Waals surface area contributed by atoms with E-state index in [1.807, 2.05) is 44.4 Å². The van der Waals surface area contributed by atoms with E-state index in [0.29, 0.717) is 11.9 Å². The molecule has 1 heterocycles. The maximum absolute atomic E-state index is 12.1. The highest BCUT2D eigenvalue weighted by atomic mass is 16.2. The van der Waals surface area contributed by atoms with Crippen molar-refractivity contribution in [2.45, 2.75) is 31.7 Å². The summed E-state index contributed by atoms with van der Waals surface area (Å²) in [4.78, 5) is 22.4. The van der Waals surface area contributed by atoms with Crippen LogP contribution in [-0.2, 0) is 4.79 Å². The molecule has 2 aromatic rings. The van der Waals surface area contributed by atoms with Gasteiger partial charge in [-0.2, -0.15) is 0 Å². The van der Waals surface area contributed by atoms with Crippen molar-refractivity contribution in [3.8, 4) is 12.3 Å². The molecule has 3 rings (SSSR count). The van der Waals surface area contributed by atoms with Crippen molar-refractivity contribution in [2.24, 2.45) is 5.92 Å². The highest BCUT2D eigenvalue weighted by molar-refractivity contribution is 5.78. The first kappa shape index (κ1) is 18.7. The van der Waals surface area contributed by atoms with Crippen LogP contribution in [0.3, 0.4) is 0 Å². The maximum atomic E-state index is 12.1. The summed E-state index contributed by atoms with van der Waals surface area (Å²) in [6.45, 7) is 0. The average molecular weight is 363 g/mol. The van der Waals surface area contributed by atoms with Crippen LogP contribution in [0.25, 0.3) is 0 Å². The molecule has 0 bridgehead atoms. The van der Waals surface area contributed by atoms with E-state index in [9.17, 15) is 4.79 Å². The van der Waals surface area contributed by atoms with E-state index in [-0.39, 0.29) is 11.8 Å². The lowest BCUT2D eigenvalue weighted by atomic mass is 9.85. The Morgan fingerprint density at radius 3 is 2.59 bits per heavy atom. The quantitative estimate of drug-likeness (QED) is 0.798. The molecule has 27 heavy (non-hydrogen) atoms. The number of nitrogens with zero attached hydrogens (tertiary/aromatic N) is 3. The number of terminal acetylenes is 1. The summed E-state index contributed by atoms with van der Waals surface area (Å²) >= 11 is 0. The minimum atomic E-state index is 0.143. The normalized spacial score (nSPS) is 19.0. The van der Waals surface area contributed by atoms with Gasteiger partial charge >= 0.3 is 0 Å². The Morgan fingerprint density at radius 2 is 1.89 bits per heavy atom. The van der Waals surface area contributed by atoms with Crippen LogP contribution in [-0.4, -0.2) is 40.9 Å². The van der Waals surface area contributed by atoms with Gasteiger partial charge in [-0.1, -0.05) is 12.0 Å². The van der Waals surface area contributed by atoms with Crippen molar-refractivity contribution in [3.63, 3.8) is 0 Å². The van der Waals surface area contributed by atoms with Gasteiger partial charge in [0.25, 0.3) is 0 Å². The number of benzene rings is 1. The van der Waals surface area contributed by atoms with Crippen molar-refractivity contribution in [1.82, 2.24) is 14.9 Å². The summed E-state index contributed by atoms with van der Waals surface area (Å²) in [6.07, 6.45) is 10.7. The number of amides is 1. The fourth-order valence-electron chi connectivity index (χ4n) is 3.40. The molecule has 0 radical (unpaired) electrons. The summed E-state index contributed by atoms with van der Waals surface area (Å²) < 4.78 is 0. The number of carbonyl (C=O) groups excluding carboxylic acids is 1. The highest BCUT2D eigenvalue weighted by Gasteiger charge is 2.27. The smallest absolute Gasteiger partial charge is 0.225 e. The van der Waals surface area contributed by atoms with Gasteiger partial charge in [0.15, 0.2) is 0 Å². The van der Waals surface area contributed by atoms with Crippen molar-refractivity contribution < 1.29 is 4.79 Å². The number of anilines is 3. The molecule has 0 aliphatic heterocycles. The molecule has 1 aliphatic rings. The van der Waals surface area contributed by atoms with Gasteiger partial charge in [0.05, 0.1) is 0 Å². The molecule has 1 amide bonds. The number of hydrogen-bond acceptors (Lipinski definition) is 5. The fraction of sp³-hybridized carbons (Fsp3) is 0.381. The number of hydrogen-bond donors (Lipinski definition) is 2. The largest absolute Gasteiger partial charge is 0.367 e. The first-order chi connectivity index (χ1) is 13.0. The van der Waals surface area contributed by atoms with E-state index in [4.69, 9.17) is 6.42 Å². The van der Waals surface area contributed by atoms with E-state index in [0.717, 1.165) is 42.8 Å². The third-order valence-electron chi connectivity index (χ3n) is 4.84.